The molecule has 224 valence electrons. The van der Waals surface area contributed by atoms with Gasteiger partial charge in [0.1, 0.15) is 11.7 Å². The fourth-order valence-electron chi connectivity index (χ4n) is 5.18. The number of benzene rings is 3. The molecule has 1 aromatic heterocycles. The Morgan fingerprint density at radius 1 is 1.00 bits per heavy atom. The van der Waals surface area contributed by atoms with E-state index < -0.39 is 10.0 Å². The first-order valence-corrected chi connectivity index (χ1v) is 16.3. The van der Waals surface area contributed by atoms with E-state index in [2.05, 4.69) is 41.9 Å². The SMILES string of the molecule is CCN(CC)CCc1ccccc1S(=O)(=O)Nc1ccc2c(c1)nc(CCc1ccc(C(=N)N)cc1)n2CCC(C)C. The molecule has 0 amide bonds. The lowest BCUT2D eigenvalue weighted by Crippen LogP contribution is -2.26. The minimum Gasteiger partial charge on any atom is -0.384 e. The highest BCUT2D eigenvalue weighted by molar-refractivity contribution is 7.92. The molecule has 4 N–H and O–H groups in total. The topological polar surface area (TPSA) is 117 Å². The van der Waals surface area contributed by atoms with Gasteiger partial charge < -0.3 is 15.2 Å². The van der Waals surface area contributed by atoms with Gasteiger partial charge in [0, 0.05) is 25.1 Å². The van der Waals surface area contributed by atoms with Gasteiger partial charge in [0.05, 0.1) is 21.6 Å². The van der Waals surface area contributed by atoms with Crippen molar-refractivity contribution in [3.63, 3.8) is 0 Å². The lowest BCUT2D eigenvalue weighted by Gasteiger charge is -2.19. The van der Waals surface area contributed by atoms with Gasteiger partial charge >= 0.3 is 0 Å². The molecule has 0 radical (unpaired) electrons. The zero-order valence-corrected chi connectivity index (χ0v) is 26.0. The molecule has 0 atom stereocenters. The van der Waals surface area contributed by atoms with E-state index >= 15 is 0 Å². The third-order valence-electron chi connectivity index (χ3n) is 7.77. The fraction of sp³-hybridized carbons (Fsp3) is 0.394. The molecule has 0 aliphatic heterocycles. The molecule has 9 heteroatoms. The summed E-state index contributed by atoms with van der Waals surface area (Å²) in [5.41, 5.74) is 10.6. The number of aromatic nitrogens is 2. The molecule has 0 saturated heterocycles. The van der Waals surface area contributed by atoms with Crippen molar-refractivity contribution in [2.75, 3.05) is 24.4 Å². The van der Waals surface area contributed by atoms with E-state index in [-0.39, 0.29) is 5.84 Å². The van der Waals surface area contributed by atoms with Crippen LogP contribution in [0.5, 0.6) is 0 Å². The fourth-order valence-corrected chi connectivity index (χ4v) is 6.50. The van der Waals surface area contributed by atoms with Crippen LogP contribution in [0.3, 0.4) is 0 Å². The van der Waals surface area contributed by atoms with Crippen LogP contribution in [0.4, 0.5) is 5.69 Å². The summed E-state index contributed by atoms with van der Waals surface area (Å²) in [6, 6.07) is 20.6. The highest BCUT2D eigenvalue weighted by Gasteiger charge is 2.20. The summed E-state index contributed by atoms with van der Waals surface area (Å²) in [6.45, 7) is 12.2. The minimum atomic E-state index is -3.78. The highest BCUT2D eigenvalue weighted by Crippen LogP contribution is 2.26. The number of fused-ring (bicyclic) bond motifs is 1. The average Bonchev–Trinajstić information content (AvgIpc) is 3.32. The average molecular weight is 589 g/mol. The normalized spacial score (nSPS) is 12.0. The Morgan fingerprint density at radius 3 is 2.38 bits per heavy atom. The maximum absolute atomic E-state index is 13.5. The number of nitrogens with one attached hydrogen (secondary N) is 2. The van der Waals surface area contributed by atoms with Gasteiger partial charge in [0.15, 0.2) is 0 Å². The van der Waals surface area contributed by atoms with E-state index in [9.17, 15) is 8.42 Å². The van der Waals surface area contributed by atoms with Crippen LogP contribution < -0.4 is 10.5 Å². The lowest BCUT2D eigenvalue weighted by molar-refractivity contribution is 0.307. The van der Waals surface area contributed by atoms with Crippen molar-refractivity contribution >= 4 is 32.6 Å². The quantitative estimate of drug-likeness (QED) is 0.119. The van der Waals surface area contributed by atoms with Crippen molar-refractivity contribution in [2.24, 2.45) is 11.7 Å². The molecular weight excluding hydrogens is 544 g/mol. The molecule has 0 aliphatic carbocycles. The Bertz CT molecular complexity index is 1610. The number of imidazole rings is 1. The lowest BCUT2D eigenvalue weighted by atomic mass is 10.1. The molecule has 1 heterocycles. The van der Waals surface area contributed by atoms with Gasteiger partial charge in [-0.3, -0.25) is 10.1 Å². The Labute approximate surface area is 250 Å². The number of nitrogen functional groups attached to an aromatic ring is 1. The van der Waals surface area contributed by atoms with Crippen molar-refractivity contribution in [2.45, 2.75) is 64.8 Å². The third kappa shape index (κ3) is 7.77. The van der Waals surface area contributed by atoms with Gasteiger partial charge in [-0.15, -0.1) is 0 Å². The van der Waals surface area contributed by atoms with Crippen LogP contribution in [-0.4, -0.2) is 48.3 Å². The minimum absolute atomic E-state index is 0.0616. The van der Waals surface area contributed by atoms with E-state index in [0.29, 0.717) is 28.5 Å². The van der Waals surface area contributed by atoms with Crippen LogP contribution in [0.15, 0.2) is 71.6 Å². The van der Waals surface area contributed by atoms with Crippen LogP contribution in [0.2, 0.25) is 0 Å². The van der Waals surface area contributed by atoms with Gasteiger partial charge in [-0.05, 0) is 73.7 Å². The number of nitrogens with two attached hydrogens (primary N) is 1. The molecule has 0 saturated carbocycles. The standard InChI is InChI=1S/C33H44N6O2S/c1-5-38(6-2)21-20-26-9-7-8-10-31(26)42(40,41)37-28-16-17-30-29(23-28)36-32(39(30)22-19-24(3)4)18-13-25-11-14-27(15-12-25)33(34)35/h7-12,14-17,23-24,37H,5-6,13,18-22H2,1-4H3,(H3,34,35). The molecule has 0 spiro atoms. The van der Waals surface area contributed by atoms with Gasteiger partial charge in [0.2, 0.25) is 0 Å². The Balaban J connectivity index is 1.58. The first-order chi connectivity index (χ1) is 20.1. The van der Waals surface area contributed by atoms with Gasteiger partial charge in [-0.25, -0.2) is 13.4 Å². The first-order valence-electron chi connectivity index (χ1n) is 14.9. The molecule has 3 aromatic carbocycles. The van der Waals surface area contributed by atoms with Crippen molar-refractivity contribution in [1.29, 1.82) is 5.41 Å². The Hall–Kier alpha value is -3.69. The van der Waals surface area contributed by atoms with E-state index in [4.69, 9.17) is 16.1 Å². The predicted molar refractivity (Wildman–Crippen MR) is 173 cm³/mol. The van der Waals surface area contributed by atoms with Crippen molar-refractivity contribution in [3.8, 4) is 0 Å². The molecular formula is C33H44N6O2S. The Morgan fingerprint density at radius 2 is 1.71 bits per heavy atom. The maximum atomic E-state index is 13.5. The van der Waals surface area contributed by atoms with Crippen LogP contribution >= 0.6 is 0 Å². The summed E-state index contributed by atoms with van der Waals surface area (Å²) in [5, 5.41) is 7.61. The van der Waals surface area contributed by atoms with Crippen molar-refractivity contribution in [3.05, 3.63) is 89.2 Å². The molecule has 0 fully saturated rings. The summed E-state index contributed by atoms with van der Waals surface area (Å²) in [7, 11) is -3.78. The molecule has 8 nitrogen and oxygen atoms in total. The van der Waals surface area contributed by atoms with Gasteiger partial charge in [-0.2, -0.15) is 0 Å². The first kappa shape index (κ1) is 31.3. The smallest absolute Gasteiger partial charge is 0.262 e. The van der Waals surface area contributed by atoms with E-state index in [0.717, 1.165) is 73.4 Å². The number of hydrogen-bond donors (Lipinski definition) is 3. The van der Waals surface area contributed by atoms with E-state index in [1.165, 1.54) is 0 Å². The van der Waals surface area contributed by atoms with E-state index in [1.807, 2.05) is 54.6 Å². The number of anilines is 1. The van der Waals surface area contributed by atoms with Crippen LogP contribution in [0.1, 0.15) is 56.6 Å². The molecule has 0 unspecified atom stereocenters. The summed E-state index contributed by atoms with van der Waals surface area (Å²) < 4.78 is 32.2. The highest BCUT2D eigenvalue weighted by atomic mass is 32.2. The van der Waals surface area contributed by atoms with Crippen LogP contribution in [0.25, 0.3) is 11.0 Å². The number of amidine groups is 1. The zero-order chi connectivity index (χ0) is 30.3. The van der Waals surface area contributed by atoms with Crippen LogP contribution in [0, 0.1) is 11.3 Å². The van der Waals surface area contributed by atoms with Crippen molar-refractivity contribution in [1.82, 2.24) is 14.5 Å². The van der Waals surface area contributed by atoms with Gasteiger partial charge in [-0.1, -0.05) is 70.2 Å². The predicted octanol–water partition coefficient (Wildman–Crippen LogP) is 5.84. The van der Waals surface area contributed by atoms with Crippen molar-refractivity contribution < 1.29 is 8.42 Å². The number of hydrogen-bond acceptors (Lipinski definition) is 5. The number of likely N-dealkylation sites (N-methyl/N-ethyl adjacent to an activating group) is 1. The van der Waals surface area contributed by atoms with Crippen LogP contribution in [-0.2, 0) is 35.8 Å². The Kier molecular flexibility index (Phi) is 10.4. The second-order valence-corrected chi connectivity index (χ2v) is 12.8. The maximum Gasteiger partial charge on any atom is 0.262 e. The number of aryl methyl sites for hydroxylation is 3. The number of sulfonamides is 1. The second-order valence-electron chi connectivity index (χ2n) is 11.2. The number of rotatable bonds is 15. The summed E-state index contributed by atoms with van der Waals surface area (Å²) >= 11 is 0. The summed E-state index contributed by atoms with van der Waals surface area (Å²) in [6.07, 6.45) is 3.23. The van der Waals surface area contributed by atoms with Gasteiger partial charge in [0.25, 0.3) is 10.0 Å². The third-order valence-corrected chi connectivity index (χ3v) is 9.25. The molecule has 42 heavy (non-hydrogen) atoms. The zero-order valence-electron chi connectivity index (χ0n) is 25.2. The molecule has 4 rings (SSSR count). The molecule has 4 aromatic rings. The van der Waals surface area contributed by atoms with E-state index in [1.54, 1.807) is 12.1 Å². The monoisotopic (exact) mass is 588 g/mol. The molecule has 0 aliphatic rings. The second kappa shape index (κ2) is 14.0. The summed E-state index contributed by atoms with van der Waals surface area (Å²) in [5.74, 6) is 1.58. The summed E-state index contributed by atoms with van der Waals surface area (Å²) in [4.78, 5) is 7.58. The largest absolute Gasteiger partial charge is 0.384 e. The number of nitrogens with zero attached hydrogens (tertiary/aromatic N) is 3. The molecule has 0 bridgehead atoms.